The Kier molecular flexibility index (Phi) is 7.01. The maximum Gasteiger partial charge on any atom is 0.419 e. The van der Waals surface area contributed by atoms with E-state index < -0.39 is 23.3 Å². The van der Waals surface area contributed by atoms with Crippen molar-refractivity contribution in [3.8, 4) is 16.3 Å². The number of carbonyl (C=O) groups excluding carboxylic acids is 1. The number of anilines is 1. The van der Waals surface area contributed by atoms with Gasteiger partial charge in [0, 0.05) is 44.4 Å². The first kappa shape index (κ1) is 26.0. The fourth-order valence-electron chi connectivity index (χ4n) is 4.39. The molecule has 1 aliphatic heterocycles. The summed E-state index contributed by atoms with van der Waals surface area (Å²) < 4.78 is 57.8. The molecule has 38 heavy (non-hydrogen) atoms. The maximum absolute atomic E-state index is 15.0. The average molecular weight is 545 g/mol. The van der Waals surface area contributed by atoms with Gasteiger partial charge < -0.3 is 9.80 Å². The molecule has 12 heteroatoms. The fraction of sp³-hybridized carbons (Fsp3) is 0.308. The summed E-state index contributed by atoms with van der Waals surface area (Å²) in [4.78, 5) is 21.7. The number of aryl methyl sites for hydroxylation is 1. The largest absolute Gasteiger partial charge is 0.419 e. The van der Waals surface area contributed by atoms with Crippen LogP contribution in [-0.4, -0.2) is 63.9 Å². The van der Waals surface area contributed by atoms with Crippen LogP contribution in [-0.2, 0) is 12.6 Å². The lowest BCUT2D eigenvalue weighted by atomic mass is 9.98. The average Bonchev–Trinajstić information content (AvgIpc) is 3.58. The summed E-state index contributed by atoms with van der Waals surface area (Å²) in [6.45, 7) is 3.78. The van der Waals surface area contributed by atoms with Crippen LogP contribution in [0.3, 0.4) is 0 Å². The number of Topliss-reactive ketones (excluding diaryl/α,β-unsaturated/α-hetero) is 1. The second-order valence-corrected chi connectivity index (χ2v) is 10.2. The highest BCUT2D eigenvalue weighted by Crippen LogP contribution is 2.37. The highest BCUT2D eigenvalue weighted by Gasteiger charge is 2.37. The molecule has 0 saturated carbocycles. The van der Waals surface area contributed by atoms with E-state index in [-0.39, 0.29) is 17.7 Å². The summed E-state index contributed by atoms with van der Waals surface area (Å²) >= 11 is 1.43. The number of nitrogens with zero attached hydrogens (tertiary/aromatic N) is 6. The smallest absolute Gasteiger partial charge is 0.367 e. The Morgan fingerprint density at radius 3 is 2.53 bits per heavy atom. The summed E-state index contributed by atoms with van der Waals surface area (Å²) in [5, 5.41) is 8.36. The Labute approximate surface area is 220 Å². The summed E-state index contributed by atoms with van der Waals surface area (Å²) in [5.74, 6) is -1.89. The van der Waals surface area contributed by atoms with E-state index in [4.69, 9.17) is 0 Å². The van der Waals surface area contributed by atoms with Gasteiger partial charge in [0.2, 0.25) is 0 Å². The monoisotopic (exact) mass is 544 g/mol. The van der Waals surface area contributed by atoms with Crippen LogP contribution in [0, 0.1) is 12.7 Å². The quantitative estimate of drug-likeness (QED) is 0.251. The van der Waals surface area contributed by atoms with Gasteiger partial charge in [0.1, 0.15) is 5.69 Å². The number of carbonyl (C=O) groups is 1. The van der Waals surface area contributed by atoms with E-state index in [1.165, 1.54) is 17.4 Å². The Bertz CT molecular complexity index is 1460. The van der Waals surface area contributed by atoms with E-state index in [1.54, 1.807) is 39.6 Å². The topological polar surface area (TPSA) is 67.2 Å². The molecule has 0 unspecified atom stereocenters. The van der Waals surface area contributed by atoms with Crippen molar-refractivity contribution in [3.63, 3.8) is 0 Å². The molecule has 4 aromatic rings. The Balaban J connectivity index is 1.44. The fourth-order valence-corrected chi connectivity index (χ4v) is 4.96. The molecule has 198 valence electrons. The van der Waals surface area contributed by atoms with Crippen LogP contribution in [0.5, 0.6) is 0 Å². The molecule has 1 fully saturated rings. The number of likely N-dealkylation sites (N-methyl/N-ethyl adjacent to an activating group) is 1. The number of ketones is 1. The Hall–Kier alpha value is -3.64. The van der Waals surface area contributed by atoms with E-state index >= 15 is 4.39 Å². The first-order chi connectivity index (χ1) is 18.1. The molecule has 2 aromatic heterocycles. The number of hydrogen-bond acceptors (Lipinski definition) is 7. The van der Waals surface area contributed by atoms with Gasteiger partial charge in [-0.25, -0.2) is 9.07 Å². The van der Waals surface area contributed by atoms with Crippen LogP contribution in [0.15, 0.2) is 48.2 Å². The minimum atomic E-state index is -4.93. The lowest BCUT2D eigenvalue weighted by molar-refractivity contribution is -0.139. The third kappa shape index (κ3) is 5.32. The molecular weight excluding hydrogens is 520 g/mol. The molecule has 1 aliphatic rings. The van der Waals surface area contributed by atoms with E-state index in [0.717, 1.165) is 10.4 Å². The van der Waals surface area contributed by atoms with E-state index in [1.807, 2.05) is 24.9 Å². The molecule has 0 radical (unpaired) electrons. The second-order valence-electron chi connectivity index (χ2n) is 9.28. The molecule has 0 N–H and O–H groups in total. The van der Waals surface area contributed by atoms with E-state index in [9.17, 15) is 18.0 Å². The van der Waals surface area contributed by atoms with Crippen molar-refractivity contribution in [2.45, 2.75) is 19.5 Å². The summed E-state index contributed by atoms with van der Waals surface area (Å²) in [6, 6.07) is 7.17. The predicted octanol–water partition coefficient (Wildman–Crippen LogP) is 5.03. The molecule has 0 spiro atoms. The number of hydrogen-bond donors (Lipinski definition) is 0. The number of benzene rings is 2. The van der Waals surface area contributed by atoms with Gasteiger partial charge in [-0.15, -0.1) is 16.4 Å². The molecule has 0 amide bonds. The van der Waals surface area contributed by atoms with Crippen molar-refractivity contribution in [1.82, 2.24) is 24.9 Å². The number of aromatic nitrogens is 4. The lowest BCUT2D eigenvalue weighted by Gasteiger charge is -2.34. The van der Waals surface area contributed by atoms with Gasteiger partial charge in [0.05, 0.1) is 33.5 Å². The van der Waals surface area contributed by atoms with Gasteiger partial charge in [0.15, 0.2) is 11.6 Å². The van der Waals surface area contributed by atoms with Gasteiger partial charge in [0.25, 0.3) is 0 Å². The Morgan fingerprint density at radius 2 is 1.84 bits per heavy atom. The summed E-state index contributed by atoms with van der Waals surface area (Å²) in [5.41, 5.74) is 2.69. The third-order valence-electron chi connectivity index (χ3n) is 6.59. The van der Waals surface area contributed by atoms with Crippen LogP contribution in [0.1, 0.15) is 27.0 Å². The maximum atomic E-state index is 15.0. The van der Waals surface area contributed by atoms with Crippen LogP contribution in [0.25, 0.3) is 16.3 Å². The highest BCUT2D eigenvalue weighted by molar-refractivity contribution is 7.13. The van der Waals surface area contributed by atoms with Crippen LogP contribution >= 0.6 is 11.3 Å². The zero-order valence-electron chi connectivity index (χ0n) is 20.7. The number of halogens is 4. The second kappa shape index (κ2) is 10.3. The molecule has 0 atom stereocenters. The van der Waals surface area contributed by atoms with Gasteiger partial charge in [-0.2, -0.15) is 13.2 Å². The number of thiazole rings is 1. The van der Waals surface area contributed by atoms with Crippen molar-refractivity contribution in [2.24, 2.45) is 0 Å². The zero-order chi connectivity index (χ0) is 27.0. The van der Waals surface area contributed by atoms with Crippen molar-refractivity contribution in [1.29, 1.82) is 0 Å². The van der Waals surface area contributed by atoms with Crippen LogP contribution < -0.4 is 4.90 Å². The van der Waals surface area contributed by atoms with Crippen LogP contribution in [0.2, 0.25) is 0 Å². The standard InChI is InChI=1S/C26H24F4N6OS/c1-16-3-4-17(9-21(16)36-14-20(32-33-36)24-13-31-15-38-24)10-23(37)18-11-19(26(28,29)30)25(27)22(12-18)35-7-5-34(2)6-8-35/h3-4,9,11-15H,5-8,10H2,1-2H3. The Morgan fingerprint density at radius 1 is 1.08 bits per heavy atom. The summed E-state index contributed by atoms with van der Waals surface area (Å²) in [6.07, 6.45) is -1.65. The van der Waals surface area contributed by atoms with Gasteiger partial charge in [-0.05, 0) is 43.3 Å². The minimum Gasteiger partial charge on any atom is -0.367 e. The normalized spacial score (nSPS) is 14.7. The molecule has 0 aliphatic carbocycles. The first-order valence-corrected chi connectivity index (χ1v) is 12.8. The molecule has 0 bridgehead atoms. The van der Waals surface area contributed by atoms with Crippen molar-refractivity contribution >= 4 is 22.8 Å². The number of alkyl halides is 3. The first-order valence-electron chi connectivity index (χ1n) is 11.9. The zero-order valence-corrected chi connectivity index (χ0v) is 21.5. The van der Waals surface area contributed by atoms with Gasteiger partial charge >= 0.3 is 6.18 Å². The molecule has 1 saturated heterocycles. The van der Waals surface area contributed by atoms with Gasteiger partial charge in [-0.3, -0.25) is 9.78 Å². The molecular formula is C26H24F4N6OS. The molecule has 2 aromatic carbocycles. The number of piperazine rings is 1. The van der Waals surface area contributed by atoms with Gasteiger partial charge in [-0.1, -0.05) is 17.3 Å². The third-order valence-corrected chi connectivity index (χ3v) is 7.38. The lowest BCUT2D eigenvalue weighted by Crippen LogP contribution is -2.45. The van der Waals surface area contributed by atoms with Crippen molar-refractivity contribution in [3.05, 3.63) is 76.3 Å². The highest BCUT2D eigenvalue weighted by atomic mass is 32.1. The SMILES string of the molecule is Cc1ccc(CC(=O)c2cc(N3CCN(C)CC3)c(F)c(C(F)(F)F)c2)cc1-n1cc(-c2cncs2)nn1. The minimum absolute atomic E-state index is 0.158. The van der Waals surface area contributed by atoms with Crippen molar-refractivity contribution in [2.75, 3.05) is 38.1 Å². The molecule has 5 rings (SSSR count). The number of rotatable bonds is 6. The van der Waals surface area contributed by atoms with E-state index in [0.29, 0.717) is 49.2 Å². The predicted molar refractivity (Wildman–Crippen MR) is 136 cm³/mol. The van der Waals surface area contributed by atoms with Crippen molar-refractivity contribution < 1.29 is 22.4 Å². The van der Waals surface area contributed by atoms with Crippen LogP contribution in [0.4, 0.5) is 23.2 Å². The van der Waals surface area contributed by atoms with E-state index in [2.05, 4.69) is 15.3 Å². The molecule has 3 heterocycles. The molecule has 7 nitrogen and oxygen atoms in total. The summed E-state index contributed by atoms with van der Waals surface area (Å²) in [7, 11) is 1.89.